The van der Waals surface area contributed by atoms with Gasteiger partial charge in [0.05, 0.1) is 17.4 Å². The number of nitrogens with one attached hydrogen (secondary N) is 2. The Morgan fingerprint density at radius 2 is 1.89 bits per heavy atom. The van der Waals surface area contributed by atoms with Crippen molar-refractivity contribution in [1.82, 2.24) is 15.5 Å². The number of nitro benzene ring substituents is 1. The number of hydrogen-bond donors (Lipinski definition) is 3. The molecule has 2 rings (SSSR count). The molecule has 2 unspecified atom stereocenters. The summed E-state index contributed by atoms with van der Waals surface area (Å²) in [6.07, 6.45) is 1.14. The molecule has 1 aliphatic rings. The summed E-state index contributed by atoms with van der Waals surface area (Å²) in [4.78, 5) is 46.8. The predicted octanol–water partition coefficient (Wildman–Crippen LogP) is 1.11. The lowest BCUT2D eigenvalue weighted by Crippen LogP contribution is -2.51. The summed E-state index contributed by atoms with van der Waals surface area (Å²) >= 11 is 0. The van der Waals surface area contributed by atoms with Crippen LogP contribution in [0.5, 0.6) is 0 Å². The molecule has 0 aliphatic carbocycles. The van der Waals surface area contributed by atoms with E-state index in [0.717, 1.165) is 0 Å². The maximum atomic E-state index is 12.3. The van der Waals surface area contributed by atoms with E-state index in [9.17, 15) is 24.5 Å². The number of nitro groups is 1. The number of carboxylic acid groups (broad SMARTS) is 1. The number of likely N-dealkylation sites (tertiary alicyclic amines) is 1. The molecule has 10 heteroatoms. The SMILES string of the molecule is CC1CCC(C(=O)O)CN1C(=O)CNC(=O)NCc1ccc([N+](=O)[O-])cc1. The number of carbonyl (C=O) groups excluding carboxylic acids is 2. The largest absolute Gasteiger partial charge is 0.481 e. The molecule has 1 aromatic rings. The van der Waals surface area contributed by atoms with E-state index in [-0.39, 0.29) is 37.3 Å². The summed E-state index contributed by atoms with van der Waals surface area (Å²) in [5.41, 5.74) is 0.639. The highest BCUT2D eigenvalue weighted by Crippen LogP contribution is 2.22. The summed E-state index contributed by atoms with van der Waals surface area (Å²) in [6, 6.07) is 5.12. The summed E-state index contributed by atoms with van der Waals surface area (Å²) in [6.45, 7) is 1.91. The fourth-order valence-electron chi connectivity index (χ4n) is 2.89. The van der Waals surface area contributed by atoms with Gasteiger partial charge in [-0.25, -0.2) is 4.79 Å². The van der Waals surface area contributed by atoms with Gasteiger partial charge < -0.3 is 20.6 Å². The van der Waals surface area contributed by atoms with Crippen molar-refractivity contribution < 1.29 is 24.4 Å². The molecule has 0 bridgehead atoms. The van der Waals surface area contributed by atoms with E-state index in [0.29, 0.717) is 18.4 Å². The van der Waals surface area contributed by atoms with Crippen molar-refractivity contribution >= 4 is 23.6 Å². The highest BCUT2D eigenvalue weighted by molar-refractivity contribution is 5.84. The molecule has 3 N–H and O–H groups in total. The number of carbonyl (C=O) groups is 3. The molecule has 0 spiro atoms. The van der Waals surface area contributed by atoms with Crippen molar-refractivity contribution in [3.05, 3.63) is 39.9 Å². The third-order valence-corrected chi connectivity index (χ3v) is 4.55. The zero-order chi connectivity index (χ0) is 20.0. The minimum absolute atomic E-state index is 0.0379. The van der Waals surface area contributed by atoms with Gasteiger partial charge in [0.1, 0.15) is 0 Å². The van der Waals surface area contributed by atoms with Crippen LogP contribution in [0.1, 0.15) is 25.3 Å². The van der Waals surface area contributed by atoms with E-state index in [1.807, 2.05) is 6.92 Å². The Bertz CT molecular complexity index is 721. The predicted molar refractivity (Wildman–Crippen MR) is 94.9 cm³/mol. The second kappa shape index (κ2) is 8.97. The van der Waals surface area contributed by atoms with Crippen LogP contribution in [0, 0.1) is 16.0 Å². The van der Waals surface area contributed by atoms with Crippen LogP contribution in [0.15, 0.2) is 24.3 Å². The van der Waals surface area contributed by atoms with Gasteiger partial charge >= 0.3 is 12.0 Å². The van der Waals surface area contributed by atoms with Crippen molar-refractivity contribution in [2.75, 3.05) is 13.1 Å². The number of urea groups is 1. The normalized spacial score (nSPS) is 19.2. The van der Waals surface area contributed by atoms with Crippen LogP contribution < -0.4 is 10.6 Å². The molecule has 1 aliphatic heterocycles. The Hall–Kier alpha value is -3.17. The Labute approximate surface area is 155 Å². The molecule has 27 heavy (non-hydrogen) atoms. The van der Waals surface area contributed by atoms with Gasteiger partial charge in [-0.3, -0.25) is 19.7 Å². The van der Waals surface area contributed by atoms with E-state index in [1.54, 1.807) is 0 Å². The van der Waals surface area contributed by atoms with Gasteiger partial charge in [0.15, 0.2) is 0 Å². The number of amides is 3. The quantitative estimate of drug-likeness (QED) is 0.500. The molecule has 0 radical (unpaired) electrons. The first-order valence-electron chi connectivity index (χ1n) is 8.55. The van der Waals surface area contributed by atoms with E-state index in [4.69, 9.17) is 5.11 Å². The molecular weight excluding hydrogens is 356 g/mol. The Morgan fingerprint density at radius 1 is 1.22 bits per heavy atom. The third kappa shape index (κ3) is 5.66. The van der Waals surface area contributed by atoms with Crippen LogP contribution in [-0.4, -0.2) is 52.0 Å². The number of aliphatic carboxylic acids is 1. The molecule has 2 atom stereocenters. The van der Waals surface area contributed by atoms with Crippen molar-refractivity contribution in [3.8, 4) is 0 Å². The highest BCUT2D eigenvalue weighted by Gasteiger charge is 2.32. The zero-order valence-corrected chi connectivity index (χ0v) is 14.9. The van der Waals surface area contributed by atoms with Crippen LogP contribution in [0.3, 0.4) is 0 Å². The van der Waals surface area contributed by atoms with Crippen molar-refractivity contribution in [2.45, 2.75) is 32.4 Å². The molecule has 1 fully saturated rings. The van der Waals surface area contributed by atoms with Crippen LogP contribution in [0.4, 0.5) is 10.5 Å². The lowest BCUT2D eigenvalue weighted by Gasteiger charge is -2.36. The number of rotatable bonds is 6. The molecule has 1 heterocycles. The van der Waals surface area contributed by atoms with Gasteiger partial charge in [-0.05, 0) is 25.3 Å². The van der Waals surface area contributed by atoms with Gasteiger partial charge in [-0.2, -0.15) is 0 Å². The number of hydrogen-bond acceptors (Lipinski definition) is 5. The molecule has 1 saturated heterocycles. The number of nitrogens with zero attached hydrogens (tertiary/aromatic N) is 2. The smallest absolute Gasteiger partial charge is 0.315 e. The Kier molecular flexibility index (Phi) is 6.69. The first kappa shape index (κ1) is 20.1. The van der Waals surface area contributed by atoms with Crippen LogP contribution in [0.2, 0.25) is 0 Å². The molecule has 0 aromatic heterocycles. The summed E-state index contributed by atoms with van der Waals surface area (Å²) < 4.78 is 0. The van der Waals surface area contributed by atoms with Gasteiger partial charge in [0.25, 0.3) is 5.69 Å². The second-order valence-electron chi connectivity index (χ2n) is 6.47. The fraction of sp³-hybridized carbons (Fsp3) is 0.471. The van der Waals surface area contributed by atoms with Crippen LogP contribution in [0.25, 0.3) is 0 Å². The third-order valence-electron chi connectivity index (χ3n) is 4.55. The number of piperidine rings is 1. The van der Waals surface area contributed by atoms with Gasteiger partial charge in [-0.1, -0.05) is 12.1 Å². The minimum Gasteiger partial charge on any atom is -0.481 e. The topological polar surface area (TPSA) is 142 Å². The second-order valence-corrected chi connectivity index (χ2v) is 6.47. The van der Waals surface area contributed by atoms with Crippen molar-refractivity contribution in [2.24, 2.45) is 5.92 Å². The zero-order valence-electron chi connectivity index (χ0n) is 14.9. The lowest BCUT2D eigenvalue weighted by molar-refractivity contribution is -0.384. The highest BCUT2D eigenvalue weighted by atomic mass is 16.6. The summed E-state index contributed by atoms with van der Waals surface area (Å²) in [7, 11) is 0. The molecule has 1 aromatic carbocycles. The molecular formula is C17H22N4O6. The summed E-state index contributed by atoms with van der Waals surface area (Å²) in [5, 5.41) is 24.7. The average molecular weight is 378 g/mol. The minimum atomic E-state index is -0.923. The standard InChI is InChI=1S/C17H22N4O6/c1-11-2-5-13(16(23)24)10-20(11)15(22)9-19-17(25)18-8-12-3-6-14(7-4-12)21(26)27/h3-4,6-7,11,13H,2,5,8-10H2,1H3,(H,23,24)(H2,18,19,25). The number of carboxylic acids is 1. The fourth-order valence-corrected chi connectivity index (χ4v) is 2.89. The number of benzene rings is 1. The Balaban J connectivity index is 1.78. The van der Waals surface area contributed by atoms with Crippen molar-refractivity contribution in [1.29, 1.82) is 0 Å². The molecule has 146 valence electrons. The monoisotopic (exact) mass is 378 g/mol. The molecule has 0 saturated carbocycles. The molecule has 10 nitrogen and oxygen atoms in total. The number of non-ortho nitro benzene ring substituents is 1. The van der Waals surface area contributed by atoms with E-state index < -0.39 is 22.8 Å². The van der Waals surface area contributed by atoms with Gasteiger partial charge in [-0.15, -0.1) is 0 Å². The maximum absolute atomic E-state index is 12.3. The van der Waals surface area contributed by atoms with Crippen LogP contribution >= 0.6 is 0 Å². The van der Waals surface area contributed by atoms with Gasteiger partial charge in [0.2, 0.25) is 5.91 Å². The van der Waals surface area contributed by atoms with E-state index in [2.05, 4.69) is 10.6 Å². The van der Waals surface area contributed by atoms with Gasteiger partial charge in [0, 0.05) is 31.3 Å². The average Bonchev–Trinajstić information content (AvgIpc) is 2.64. The van der Waals surface area contributed by atoms with E-state index in [1.165, 1.54) is 29.2 Å². The summed E-state index contributed by atoms with van der Waals surface area (Å²) in [5.74, 6) is -1.84. The lowest BCUT2D eigenvalue weighted by atomic mass is 9.93. The molecule has 3 amide bonds. The van der Waals surface area contributed by atoms with Crippen LogP contribution in [-0.2, 0) is 16.1 Å². The maximum Gasteiger partial charge on any atom is 0.315 e. The Morgan fingerprint density at radius 3 is 2.48 bits per heavy atom. The first-order chi connectivity index (χ1) is 12.8. The first-order valence-corrected chi connectivity index (χ1v) is 8.55. The van der Waals surface area contributed by atoms with Crippen molar-refractivity contribution in [3.63, 3.8) is 0 Å². The van der Waals surface area contributed by atoms with E-state index >= 15 is 0 Å².